The van der Waals surface area contributed by atoms with Crippen molar-refractivity contribution in [1.82, 2.24) is 4.90 Å². The molecule has 2 fully saturated rings. The van der Waals surface area contributed by atoms with Gasteiger partial charge in [-0.05, 0) is 55.8 Å². The third kappa shape index (κ3) is 3.65. The normalized spacial score (nSPS) is 26.1. The van der Waals surface area contributed by atoms with E-state index in [2.05, 4.69) is 22.3 Å². The van der Waals surface area contributed by atoms with Crippen LogP contribution in [0.3, 0.4) is 0 Å². The summed E-state index contributed by atoms with van der Waals surface area (Å²) in [5.41, 5.74) is 2.25. The van der Waals surface area contributed by atoms with Crippen LogP contribution in [0.15, 0.2) is 24.3 Å². The van der Waals surface area contributed by atoms with E-state index in [1.54, 1.807) is 6.92 Å². The molecule has 21 heavy (non-hydrogen) atoms. The zero-order valence-electron chi connectivity index (χ0n) is 13.0. The molecule has 0 aromatic heterocycles. The van der Waals surface area contributed by atoms with Crippen molar-refractivity contribution in [2.45, 2.75) is 58.0 Å². The molecule has 1 heterocycles. The molecule has 2 atom stereocenters. The van der Waals surface area contributed by atoms with Crippen molar-refractivity contribution in [2.24, 2.45) is 5.92 Å². The fourth-order valence-corrected chi connectivity index (χ4v) is 4.06. The Bertz CT molecular complexity index is 480. The van der Waals surface area contributed by atoms with Gasteiger partial charge in [0, 0.05) is 25.2 Å². The lowest BCUT2D eigenvalue weighted by Gasteiger charge is -2.44. The van der Waals surface area contributed by atoms with Crippen LogP contribution in [0.4, 0.5) is 5.69 Å². The minimum Gasteiger partial charge on any atom is -0.326 e. The lowest BCUT2D eigenvalue weighted by Crippen LogP contribution is -2.46. The predicted octanol–water partition coefficient (Wildman–Crippen LogP) is 3.80. The number of nitrogens with one attached hydrogen (secondary N) is 1. The second kappa shape index (κ2) is 6.61. The molecule has 1 saturated heterocycles. The highest BCUT2D eigenvalue weighted by atomic mass is 16.1. The maximum atomic E-state index is 11.1. The molecule has 1 aliphatic carbocycles. The molecule has 114 valence electrons. The van der Waals surface area contributed by atoms with E-state index in [1.165, 1.54) is 50.6 Å². The Labute approximate surface area is 127 Å². The van der Waals surface area contributed by atoms with Crippen LogP contribution >= 0.6 is 0 Å². The van der Waals surface area contributed by atoms with Gasteiger partial charge in [-0.1, -0.05) is 25.0 Å². The molecular formula is C18H26N2O. The molecule has 3 heteroatoms. The van der Waals surface area contributed by atoms with E-state index in [9.17, 15) is 4.79 Å². The van der Waals surface area contributed by atoms with Crippen LogP contribution in [0.25, 0.3) is 0 Å². The van der Waals surface area contributed by atoms with Crippen molar-refractivity contribution in [3.8, 4) is 0 Å². The number of rotatable bonds is 3. The number of carbonyl (C=O) groups excluding carboxylic acids is 1. The molecule has 3 nitrogen and oxygen atoms in total. The summed E-state index contributed by atoms with van der Waals surface area (Å²) in [4.78, 5) is 13.7. The minimum atomic E-state index is -0.0103. The molecule has 0 bridgehead atoms. The van der Waals surface area contributed by atoms with E-state index in [0.29, 0.717) is 0 Å². The number of anilines is 1. The summed E-state index contributed by atoms with van der Waals surface area (Å²) in [5, 5.41) is 2.83. The highest BCUT2D eigenvalue weighted by molar-refractivity contribution is 5.88. The number of benzene rings is 1. The third-order valence-corrected chi connectivity index (χ3v) is 5.02. The van der Waals surface area contributed by atoms with Crippen LogP contribution in [0.2, 0.25) is 0 Å². The van der Waals surface area contributed by atoms with E-state index >= 15 is 0 Å². The number of nitrogens with zero attached hydrogens (tertiary/aromatic N) is 1. The quantitative estimate of drug-likeness (QED) is 0.916. The summed E-state index contributed by atoms with van der Waals surface area (Å²) in [7, 11) is 0. The van der Waals surface area contributed by atoms with Crippen LogP contribution in [0, 0.1) is 5.92 Å². The van der Waals surface area contributed by atoms with Gasteiger partial charge in [0.15, 0.2) is 0 Å². The summed E-state index contributed by atoms with van der Waals surface area (Å²) in [6, 6.07) is 9.13. The second-order valence-electron chi connectivity index (χ2n) is 6.60. The fourth-order valence-electron chi connectivity index (χ4n) is 4.06. The van der Waals surface area contributed by atoms with Crippen molar-refractivity contribution in [3.05, 3.63) is 29.8 Å². The minimum absolute atomic E-state index is 0.0103. The van der Waals surface area contributed by atoms with Gasteiger partial charge >= 0.3 is 0 Å². The molecular weight excluding hydrogens is 260 g/mol. The average Bonchev–Trinajstić information content (AvgIpc) is 2.49. The number of fused-ring (bicyclic) bond motifs is 1. The molecule has 1 aliphatic heterocycles. The molecule has 1 saturated carbocycles. The summed E-state index contributed by atoms with van der Waals surface area (Å²) in [5.74, 6) is 0.926. The van der Waals surface area contributed by atoms with Crippen molar-refractivity contribution < 1.29 is 4.79 Å². The monoisotopic (exact) mass is 286 g/mol. The molecule has 3 rings (SSSR count). The molecule has 2 unspecified atom stereocenters. The van der Waals surface area contributed by atoms with Crippen molar-refractivity contribution in [3.63, 3.8) is 0 Å². The second-order valence-corrected chi connectivity index (χ2v) is 6.60. The zero-order chi connectivity index (χ0) is 14.7. The first-order valence-electron chi connectivity index (χ1n) is 8.33. The van der Waals surface area contributed by atoms with Crippen LogP contribution in [-0.2, 0) is 11.3 Å². The van der Waals surface area contributed by atoms with E-state index in [-0.39, 0.29) is 5.91 Å². The van der Waals surface area contributed by atoms with Gasteiger partial charge in [0.25, 0.3) is 0 Å². The van der Waals surface area contributed by atoms with Crippen molar-refractivity contribution >= 4 is 11.6 Å². The van der Waals surface area contributed by atoms with Crippen LogP contribution in [-0.4, -0.2) is 23.4 Å². The number of hydrogen-bond donors (Lipinski definition) is 1. The summed E-state index contributed by atoms with van der Waals surface area (Å²) in [6.07, 6.45) is 8.44. The van der Waals surface area contributed by atoms with Gasteiger partial charge in [-0.25, -0.2) is 0 Å². The lowest BCUT2D eigenvalue weighted by atomic mass is 9.78. The molecule has 0 spiro atoms. The number of amides is 1. The Kier molecular flexibility index (Phi) is 4.59. The maximum absolute atomic E-state index is 11.1. The lowest BCUT2D eigenvalue weighted by molar-refractivity contribution is -0.114. The van der Waals surface area contributed by atoms with Gasteiger partial charge in [-0.2, -0.15) is 0 Å². The van der Waals surface area contributed by atoms with E-state index < -0.39 is 0 Å². The van der Waals surface area contributed by atoms with Crippen molar-refractivity contribution in [2.75, 3.05) is 11.9 Å². The van der Waals surface area contributed by atoms with Crippen LogP contribution in [0.1, 0.15) is 51.0 Å². The first-order valence-corrected chi connectivity index (χ1v) is 8.33. The Hall–Kier alpha value is -1.35. The largest absolute Gasteiger partial charge is 0.326 e. The van der Waals surface area contributed by atoms with Crippen LogP contribution < -0.4 is 5.32 Å². The standard InChI is InChI=1S/C18H26N2O/c1-14(21)19-17-10-8-15(9-11-17)13-20-12-4-6-16-5-2-3-7-18(16)20/h8-11,16,18H,2-7,12-13H2,1H3,(H,19,21). The highest BCUT2D eigenvalue weighted by Crippen LogP contribution is 2.35. The topological polar surface area (TPSA) is 32.3 Å². The Morgan fingerprint density at radius 3 is 2.62 bits per heavy atom. The molecule has 1 aromatic rings. The first kappa shape index (κ1) is 14.6. The summed E-state index contributed by atoms with van der Waals surface area (Å²) < 4.78 is 0. The summed E-state index contributed by atoms with van der Waals surface area (Å²) in [6.45, 7) is 3.85. The Morgan fingerprint density at radius 1 is 1.14 bits per heavy atom. The van der Waals surface area contributed by atoms with Crippen molar-refractivity contribution in [1.29, 1.82) is 0 Å². The van der Waals surface area contributed by atoms with Gasteiger partial charge in [0.1, 0.15) is 0 Å². The predicted molar refractivity (Wildman–Crippen MR) is 86.1 cm³/mol. The Morgan fingerprint density at radius 2 is 1.86 bits per heavy atom. The van der Waals surface area contributed by atoms with E-state index in [0.717, 1.165) is 24.2 Å². The van der Waals surface area contributed by atoms with Gasteiger partial charge in [0.2, 0.25) is 5.91 Å². The molecule has 0 radical (unpaired) electrons. The molecule has 1 aromatic carbocycles. The van der Waals surface area contributed by atoms with Crippen LogP contribution in [0.5, 0.6) is 0 Å². The van der Waals surface area contributed by atoms with Gasteiger partial charge in [-0.15, -0.1) is 0 Å². The van der Waals surface area contributed by atoms with Gasteiger partial charge < -0.3 is 5.32 Å². The fraction of sp³-hybridized carbons (Fsp3) is 0.611. The highest BCUT2D eigenvalue weighted by Gasteiger charge is 2.32. The smallest absolute Gasteiger partial charge is 0.221 e. The third-order valence-electron chi connectivity index (χ3n) is 5.02. The first-order chi connectivity index (χ1) is 10.2. The molecule has 2 aliphatic rings. The Balaban J connectivity index is 1.63. The SMILES string of the molecule is CC(=O)Nc1ccc(CN2CCCC3CCCCC32)cc1. The van der Waals surface area contributed by atoms with Gasteiger partial charge in [0.05, 0.1) is 0 Å². The molecule has 1 N–H and O–H groups in total. The van der Waals surface area contributed by atoms with E-state index in [1.807, 2.05) is 12.1 Å². The zero-order valence-corrected chi connectivity index (χ0v) is 13.0. The number of carbonyl (C=O) groups is 1. The number of likely N-dealkylation sites (tertiary alicyclic amines) is 1. The maximum Gasteiger partial charge on any atom is 0.221 e. The van der Waals surface area contributed by atoms with E-state index in [4.69, 9.17) is 0 Å². The number of hydrogen-bond acceptors (Lipinski definition) is 2. The number of piperidine rings is 1. The summed E-state index contributed by atoms with van der Waals surface area (Å²) >= 11 is 0. The molecule has 1 amide bonds. The average molecular weight is 286 g/mol. The van der Waals surface area contributed by atoms with Gasteiger partial charge in [-0.3, -0.25) is 9.69 Å².